The third-order valence-corrected chi connectivity index (χ3v) is 0.872. The van der Waals surface area contributed by atoms with Crippen molar-refractivity contribution in [3.8, 4) is 0 Å². The summed E-state index contributed by atoms with van der Waals surface area (Å²) in [5.74, 6) is 0. The number of carbonyl (C=O) groups is 1. The van der Waals surface area contributed by atoms with Crippen molar-refractivity contribution in [3.63, 3.8) is 0 Å². The van der Waals surface area contributed by atoms with Crippen molar-refractivity contribution < 1.29 is 44.2 Å². The molecule has 0 spiro atoms. The monoisotopic (exact) mass is 140 g/mol. The summed E-state index contributed by atoms with van der Waals surface area (Å²) in [4.78, 5) is 9.64. The van der Waals surface area contributed by atoms with Gasteiger partial charge in [0.1, 0.15) is 0 Å². The first-order chi connectivity index (χ1) is 3.66. The molecule has 0 aromatic rings. The Balaban J connectivity index is 0. The molecule has 0 aromatic heterocycles. The SMILES string of the molecule is CCC(C)OC(=O)[O-].[Na+]. The van der Waals surface area contributed by atoms with Crippen molar-refractivity contribution in [3.05, 3.63) is 0 Å². The molecule has 0 aliphatic heterocycles. The van der Waals surface area contributed by atoms with Gasteiger partial charge in [0.25, 0.3) is 6.16 Å². The van der Waals surface area contributed by atoms with Crippen molar-refractivity contribution >= 4 is 6.16 Å². The van der Waals surface area contributed by atoms with Gasteiger partial charge in [-0.05, 0) is 13.3 Å². The Morgan fingerprint density at radius 3 is 2.33 bits per heavy atom. The van der Waals surface area contributed by atoms with Crippen LogP contribution in [0.25, 0.3) is 0 Å². The summed E-state index contributed by atoms with van der Waals surface area (Å²) < 4.78 is 4.20. The molecule has 0 heterocycles. The molecule has 0 bridgehead atoms. The summed E-state index contributed by atoms with van der Waals surface area (Å²) in [5.41, 5.74) is 0. The molecule has 0 saturated heterocycles. The van der Waals surface area contributed by atoms with Gasteiger partial charge in [0.05, 0.1) is 0 Å². The molecule has 0 amide bonds. The maximum absolute atomic E-state index is 9.64. The summed E-state index contributed by atoms with van der Waals surface area (Å²) in [6.45, 7) is 3.52. The van der Waals surface area contributed by atoms with E-state index in [1.807, 2.05) is 6.92 Å². The van der Waals surface area contributed by atoms with Gasteiger partial charge in [-0.25, -0.2) is 0 Å². The largest absolute Gasteiger partial charge is 1.00 e. The van der Waals surface area contributed by atoms with Crippen LogP contribution in [0.5, 0.6) is 0 Å². The van der Waals surface area contributed by atoms with Crippen LogP contribution in [0.15, 0.2) is 0 Å². The van der Waals surface area contributed by atoms with Crippen LogP contribution in [-0.4, -0.2) is 12.3 Å². The molecule has 0 aliphatic carbocycles. The Kier molecular flexibility index (Phi) is 8.52. The zero-order valence-corrected chi connectivity index (χ0v) is 8.01. The van der Waals surface area contributed by atoms with Gasteiger partial charge in [-0.1, -0.05) is 6.92 Å². The molecule has 1 atom stereocenters. The van der Waals surface area contributed by atoms with Crippen molar-refractivity contribution in [1.29, 1.82) is 0 Å². The second kappa shape index (κ2) is 6.39. The minimum Gasteiger partial charge on any atom is -0.547 e. The smallest absolute Gasteiger partial charge is 0.547 e. The molecular formula is C5H9NaO3. The summed E-state index contributed by atoms with van der Waals surface area (Å²) >= 11 is 0. The molecule has 0 fully saturated rings. The Hall–Kier alpha value is 0.270. The molecule has 0 N–H and O–H groups in total. The Morgan fingerprint density at radius 2 is 2.22 bits per heavy atom. The van der Waals surface area contributed by atoms with Crippen LogP contribution >= 0.6 is 0 Å². The van der Waals surface area contributed by atoms with Gasteiger partial charge in [0.2, 0.25) is 0 Å². The first kappa shape index (κ1) is 12.0. The Bertz CT molecular complexity index is 84.3. The average molecular weight is 140 g/mol. The average Bonchev–Trinajstić information content (AvgIpc) is 1.65. The molecule has 0 saturated carbocycles. The van der Waals surface area contributed by atoms with Gasteiger partial charge in [-0.15, -0.1) is 0 Å². The minimum absolute atomic E-state index is 0. The first-order valence-electron chi connectivity index (χ1n) is 2.54. The van der Waals surface area contributed by atoms with E-state index in [1.54, 1.807) is 6.92 Å². The molecular weight excluding hydrogens is 131 g/mol. The van der Waals surface area contributed by atoms with Gasteiger partial charge >= 0.3 is 29.6 Å². The van der Waals surface area contributed by atoms with Gasteiger partial charge < -0.3 is 14.6 Å². The third kappa shape index (κ3) is 8.27. The predicted molar refractivity (Wildman–Crippen MR) is 26.2 cm³/mol. The van der Waals surface area contributed by atoms with Gasteiger partial charge in [0, 0.05) is 6.10 Å². The van der Waals surface area contributed by atoms with Crippen LogP contribution in [0.3, 0.4) is 0 Å². The number of carbonyl (C=O) groups excluding carboxylic acids is 1. The van der Waals surface area contributed by atoms with E-state index in [2.05, 4.69) is 4.74 Å². The van der Waals surface area contributed by atoms with Crippen LogP contribution in [0.1, 0.15) is 20.3 Å². The van der Waals surface area contributed by atoms with E-state index in [-0.39, 0.29) is 35.7 Å². The number of hydrogen-bond donors (Lipinski definition) is 0. The van der Waals surface area contributed by atoms with E-state index < -0.39 is 6.16 Å². The fourth-order valence-corrected chi connectivity index (χ4v) is 0.248. The second-order valence-electron chi connectivity index (χ2n) is 1.59. The molecule has 3 nitrogen and oxygen atoms in total. The molecule has 0 aromatic carbocycles. The molecule has 0 rings (SSSR count). The van der Waals surface area contributed by atoms with Crippen molar-refractivity contribution in [1.82, 2.24) is 0 Å². The molecule has 48 valence electrons. The Morgan fingerprint density at radius 1 is 1.78 bits per heavy atom. The summed E-state index contributed by atoms with van der Waals surface area (Å²) in [6.07, 6.45) is -0.993. The maximum Gasteiger partial charge on any atom is 1.00 e. The fourth-order valence-electron chi connectivity index (χ4n) is 0.248. The van der Waals surface area contributed by atoms with Crippen LogP contribution in [-0.2, 0) is 4.74 Å². The normalized spacial score (nSPS) is 11.3. The zero-order valence-electron chi connectivity index (χ0n) is 6.01. The van der Waals surface area contributed by atoms with Gasteiger partial charge in [0.15, 0.2) is 0 Å². The summed E-state index contributed by atoms with van der Waals surface area (Å²) in [5, 5.41) is 9.64. The fraction of sp³-hybridized carbons (Fsp3) is 0.800. The standard InChI is InChI=1S/C5H10O3.Na/c1-3-4(2)8-5(6)7;/h4H,3H2,1-2H3,(H,6,7);/q;+1/p-1. The molecule has 0 radical (unpaired) electrons. The van der Waals surface area contributed by atoms with E-state index in [1.165, 1.54) is 0 Å². The number of ether oxygens (including phenoxy) is 1. The van der Waals surface area contributed by atoms with E-state index >= 15 is 0 Å². The maximum atomic E-state index is 9.64. The molecule has 9 heavy (non-hydrogen) atoms. The quantitative estimate of drug-likeness (QED) is 0.306. The topological polar surface area (TPSA) is 49.4 Å². The summed E-state index contributed by atoms with van der Waals surface area (Å²) in [6, 6.07) is 0. The van der Waals surface area contributed by atoms with E-state index in [0.29, 0.717) is 6.42 Å². The van der Waals surface area contributed by atoms with Crippen LogP contribution in [0, 0.1) is 0 Å². The van der Waals surface area contributed by atoms with Crippen LogP contribution in [0.2, 0.25) is 0 Å². The number of hydrogen-bond acceptors (Lipinski definition) is 3. The molecule has 4 heteroatoms. The number of carboxylic acid groups (broad SMARTS) is 1. The van der Waals surface area contributed by atoms with Gasteiger partial charge in [-0.2, -0.15) is 0 Å². The first-order valence-corrected chi connectivity index (χ1v) is 2.54. The summed E-state index contributed by atoms with van der Waals surface area (Å²) in [7, 11) is 0. The molecule has 1 unspecified atom stereocenters. The molecule has 0 aliphatic rings. The van der Waals surface area contributed by atoms with Crippen molar-refractivity contribution in [2.75, 3.05) is 0 Å². The van der Waals surface area contributed by atoms with E-state index in [4.69, 9.17) is 0 Å². The van der Waals surface area contributed by atoms with Crippen molar-refractivity contribution in [2.45, 2.75) is 26.4 Å². The van der Waals surface area contributed by atoms with Gasteiger partial charge in [-0.3, -0.25) is 0 Å². The van der Waals surface area contributed by atoms with E-state index in [0.717, 1.165) is 0 Å². The minimum atomic E-state index is -1.45. The Labute approximate surface area is 76.7 Å². The second-order valence-corrected chi connectivity index (χ2v) is 1.59. The third-order valence-electron chi connectivity index (χ3n) is 0.872. The van der Waals surface area contributed by atoms with Crippen LogP contribution < -0.4 is 34.7 Å². The van der Waals surface area contributed by atoms with Crippen LogP contribution in [0.4, 0.5) is 4.79 Å². The predicted octanol–water partition coefficient (Wildman–Crippen LogP) is -2.85. The van der Waals surface area contributed by atoms with Crippen molar-refractivity contribution in [2.24, 2.45) is 0 Å². The zero-order chi connectivity index (χ0) is 6.57. The number of rotatable bonds is 2. The van der Waals surface area contributed by atoms with E-state index in [9.17, 15) is 9.90 Å².